The molecule has 0 aromatic carbocycles. The Morgan fingerprint density at radius 1 is 1.69 bits per heavy atom. The molecule has 1 N–H and O–H groups in total. The number of rotatable bonds is 4. The standard InChI is InChI=1S/C9H15N3O/c1-12-9(10-6-11-12)5-8(13)4-7-2-3-7/h6-8,13H,2-5H2,1H3. The zero-order valence-electron chi connectivity index (χ0n) is 7.85. The van der Waals surface area contributed by atoms with E-state index >= 15 is 0 Å². The van der Waals surface area contributed by atoms with Gasteiger partial charge in [0.25, 0.3) is 0 Å². The summed E-state index contributed by atoms with van der Waals surface area (Å²) in [6.07, 6.45) is 5.42. The summed E-state index contributed by atoms with van der Waals surface area (Å²) in [4.78, 5) is 4.08. The van der Waals surface area contributed by atoms with Crippen molar-refractivity contribution in [2.45, 2.75) is 31.8 Å². The molecule has 4 nitrogen and oxygen atoms in total. The van der Waals surface area contributed by atoms with Gasteiger partial charge in [0, 0.05) is 13.5 Å². The van der Waals surface area contributed by atoms with E-state index < -0.39 is 0 Å². The number of hydrogen-bond donors (Lipinski definition) is 1. The molecule has 4 heteroatoms. The first-order valence-electron chi connectivity index (χ1n) is 4.76. The fourth-order valence-electron chi connectivity index (χ4n) is 1.54. The van der Waals surface area contributed by atoms with Gasteiger partial charge in [-0.25, -0.2) is 4.98 Å². The highest BCUT2D eigenvalue weighted by molar-refractivity contribution is 4.88. The van der Waals surface area contributed by atoms with Crippen molar-refractivity contribution in [2.24, 2.45) is 13.0 Å². The van der Waals surface area contributed by atoms with Gasteiger partial charge < -0.3 is 5.11 Å². The Morgan fingerprint density at radius 2 is 2.46 bits per heavy atom. The topological polar surface area (TPSA) is 50.9 Å². The van der Waals surface area contributed by atoms with Crippen molar-refractivity contribution >= 4 is 0 Å². The minimum Gasteiger partial charge on any atom is -0.393 e. The van der Waals surface area contributed by atoms with Crippen LogP contribution in [0.3, 0.4) is 0 Å². The van der Waals surface area contributed by atoms with Crippen LogP contribution in [0.5, 0.6) is 0 Å². The summed E-state index contributed by atoms with van der Waals surface area (Å²) in [5.74, 6) is 1.64. The second kappa shape index (κ2) is 3.46. The Kier molecular flexibility index (Phi) is 2.31. The summed E-state index contributed by atoms with van der Waals surface area (Å²) >= 11 is 0. The van der Waals surface area contributed by atoms with Crippen molar-refractivity contribution in [3.63, 3.8) is 0 Å². The van der Waals surface area contributed by atoms with E-state index in [2.05, 4.69) is 10.1 Å². The Labute approximate surface area is 77.6 Å². The largest absolute Gasteiger partial charge is 0.393 e. The minimum absolute atomic E-state index is 0.240. The minimum atomic E-state index is -0.240. The summed E-state index contributed by atoms with van der Waals surface area (Å²) in [5, 5.41) is 13.6. The van der Waals surface area contributed by atoms with E-state index in [-0.39, 0.29) is 6.10 Å². The average molecular weight is 181 g/mol. The van der Waals surface area contributed by atoms with Crippen LogP contribution in [-0.4, -0.2) is 26.0 Å². The molecule has 2 rings (SSSR count). The van der Waals surface area contributed by atoms with Crippen molar-refractivity contribution in [1.82, 2.24) is 14.8 Å². The normalized spacial score (nSPS) is 18.9. The lowest BCUT2D eigenvalue weighted by Crippen LogP contribution is -2.14. The Hall–Kier alpha value is -0.900. The summed E-state index contributed by atoms with van der Waals surface area (Å²) in [6, 6.07) is 0. The lowest BCUT2D eigenvalue weighted by atomic mass is 10.1. The van der Waals surface area contributed by atoms with Crippen LogP contribution >= 0.6 is 0 Å². The van der Waals surface area contributed by atoms with Gasteiger partial charge in [0.2, 0.25) is 0 Å². The Morgan fingerprint density at radius 3 is 3.00 bits per heavy atom. The number of aromatic nitrogens is 3. The molecule has 1 atom stereocenters. The Balaban J connectivity index is 1.85. The molecule has 1 unspecified atom stereocenters. The molecule has 1 aliphatic rings. The molecule has 1 aromatic rings. The van der Waals surface area contributed by atoms with Gasteiger partial charge in [0.1, 0.15) is 12.2 Å². The lowest BCUT2D eigenvalue weighted by Gasteiger charge is -2.08. The van der Waals surface area contributed by atoms with Crippen molar-refractivity contribution in [3.8, 4) is 0 Å². The van der Waals surface area contributed by atoms with Crippen LogP contribution in [0.2, 0.25) is 0 Å². The van der Waals surface area contributed by atoms with Crippen molar-refractivity contribution in [3.05, 3.63) is 12.2 Å². The summed E-state index contributed by atoms with van der Waals surface area (Å²) in [6.45, 7) is 0. The maximum Gasteiger partial charge on any atom is 0.138 e. The predicted molar refractivity (Wildman–Crippen MR) is 48.1 cm³/mol. The Bertz CT molecular complexity index is 280. The van der Waals surface area contributed by atoms with Crippen LogP contribution in [0.1, 0.15) is 25.1 Å². The summed E-state index contributed by atoms with van der Waals surface area (Å²) in [5.41, 5.74) is 0. The van der Waals surface area contributed by atoms with Gasteiger partial charge in [-0.2, -0.15) is 5.10 Å². The molecule has 0 bridgehead atoms. The molecule has 1 saturated carbocycles. The maximum atomic E-state index is 9.67. The number of nitrogens with zero attached hydrogens (tertiary/aromatic N) is 3. The third kappa shape index (κ3) is 2.28. The third-order valence-corrected chi connectivity index (χ3v) is 2.53. The highest BCUT2D eigenvalue weighted by Gasteiger charge is 2.25. The van der Waals surface area contributed by atoms with E-state index in [0.29, 0.717) is 6.42 Å². The number of aryl methyl sites for hydroxylation is 1. The SMILES string of the molecule is Cn1ncnc1CC(O)CC1CC1. The summed E-state index contributed by atoms with van der Waals surface area (Å²) < 4.78 is 1.72. The maximum absolute atomic E-state index is 9.67. The molecule has 0 amide bonds. The van der Waals surface area contributed by atoms with E-state index in [9.17, 15) is 5.11 Å². The van der Waals surface area contributed by atoms with E-state index in [1.807, 2.05) is 7.05 Å². The van der Waals surface area contributed by atoms with E-state index in [4.69, 9.17) is 0 Å². The first kappa shape index (κ1) is 8.69. The first-order valence-corrected chi connectivity index (χ1v) is 4.76. The molecule has 0 aliphatic heterocycles. The fraction of sp³-hybridized carbons (Fsp3) is 0.778. The van der Waals surface area contributed by atoms with Crippen molar-refractivity contribution < 1.29 is 5.11 Å². The van der Waals surface area contributed by atoms with Gasteiger partial charge in [-0.3, -0.25) is 4.68 Å². The number of hydrogen-bond acceptors (Lipinski definition) is 3. The van der Waals surface area contributed by atoms with Gasteiger partial charge >= 0.3 is 0 Å². The third-order valence-electron chi connectivity index (χ3n) is 2.53. The van der Waals surface area contributed by atoms with Gasteiger partial charge in [-0.05, 0) is 12.3 Å². The molecular weight excluding hydrogens is 166 g/mol. The number of aliphatic hydroxyl groups excluding tert-OH is 1. The molecule has 72 valence electrons. The van der Waals surface area contributed by atoms with Crippen LogP contribution < -0.4 is 0 Å². The highest BCUT2D eigenvalue weighted by atomic mass is 16.3. The van der Waals surface area contributed by atoms with Crippen molar-refractivity contribution in [2.75, 3.05) is 0 Å². The molecule has 1 aliphatic carbocycles. The monoisotopic (exact) mass is 181 g/mol. The van der Waals surface area contributed by atoms with Crippen LogP contribution in [-0.2, 0) is 13.5 Å². The van der Waals surface area contributed by atoms with Gasteiger partial charge in [-0.15, -0.1) is 0 Å². The second-order valence-electron chi connectivity index (χ2n) is 3.84. The first-order chi connectivity index (χ1) is 6.25. The van der Waals surface area contributed by atoms with Crippen molar-refractivity contribution in [1.29, 1.82) is 0 Å². The van der Waals surface area contributed by atoms with Crippen LogP contribution in [0.25, 0.3) is 0 Å². The fourth-order valence-corrected chi connectivity index (χ4v) is 1.54. The molecule has 1 aromatic heterocycles. The van der Waals surface area contributed by atoms with Crippen LogP contribution in [0.4, 0.5) is 0 Å². The van der Waals surface area contributed by atoms with E-state index in [1.165, 1.54) is 19.2 Å². The predicted octanol–water partition coefficient (Wildman–Crippen LogP) is 0.519. The number of aliphatic hydroxyl groups is 1. The second-order valence-corrected chi connectivity index (χ2v) is 3.84. The molecule has 1 fully saturated rings. The zero-order chi connectivity index (χ0) is 9.26. The molecule has 0 saturated heterocycles. The quantitative estimate of drug-likeness (QED) is 0.736. The molecule has 0 spiro atoms. The zero-order valence-corrected chi connectivity index (χ0v) is 7.85. The van der Waals surface area contributed by atoms with Gasteiger partial charge in [0.15, 0.2) is 0 Å². The molecular formula is C9H15N3O. The lowest BCUT2D eigenvalue weighted by molar-refractivity contribution is 0.154. The van der Waals surface area contributed by atoms with Gasteiger partial charge in [0.05, 0.1) is 6.10 Å². The van der Waals surface area contributed by atoms with E-state index in [0.717, 1.165) is 18.2 Å². The van der Waals surface area contributed by atoms with Crippen LogP contribution in [0.15, 0.2) is 6.33 Å². The van der Waals surface area contributed by atoms with Crippen LogP contribution in [0, 0.1) is 5.92 Å². The average Bonchev–Trinajstić information content (AvgIpc) is 2.79. The van der Waals surface area contributed by atoms with E-state index in [1.54, 1.807) is 4.68 Å². The summed E-state index contributed by atoms with van der Waals surface area (Å²) in [7, 11) is 1.85. The highest BCUT2D eigenvalue weighted by Crippen LogP contribution is 2.33. The molecule has 1 heterocycles. The van der Waals surface area contributed by atoms with Gasteiger partial charge in [-0.1, -0.05) is 12.8 Å². The molecule has 0 radical (unpaired) electrons. The smallest absolute Gasteiger partial charge is 0.138 e. The molecule has 13 heavy (non-hydrogen) atoms.